The van der Waals surface area contributed by atoms with Crippen molar-refractivity contribution in [1.82, 2.24) is 0 Å². The number of furan rings is 1. The number of rotatable bonds is 0. The van der Waals surface area contributed by atoms with Crippen molar-refractivity contribution in [3.63, 3.8) is 0 Å². The summed E-state index contributed by atoms with van der Waals surface area (Å²) in [6.45, 7) is 0. The van der Waals surface area contributed by atoms with Gasteiger partial charge in [-0.1, -0.05) is 46.3 Å². The number of halogens is 2. The first kappa shape index (κ1) is 17.3. The van der Waals surface area contributed by atoms with Gasteiger partial charge >= 0.3 is 0 Å². The van der Waals surface area contributed by atoms with E-state index in [4.69, 9.17) is 9.15 Å². The van der Waals surface area contributed by atoms with E-state index in [0.29, 0.717) is 11.1 Å². The van der Waals surface area contributed by atoms with Crippen molar-refractivity contribution in [2.75, 3.05) is 0 Å². The molecule has 4 aliphatic rings. The monoisotopic (exact) mass is 520 g/mol. The molecule has 146 valence electrons. The number of allylic oxidation sites excluding steroid dienone is 5. The molecule has 2 unspecified atom stereocenters. The van der Waals surface area contributed by atoms with Gasteiger partial charge in [0.1, 0.15) is 23.0 Å². The molecule has 1 aliphatic heterocycles. The van der Waals surface area contributed by atoms with E-state index in [1.807, 2.05) is 30.3 Å². The normalized spacial score (nSPS) is 24.2. The van der Waals surface area contributed by atoms with E-state index >= 15 is 0 Å². The van der Waals surface area contributed by atoms with Gasteiger partial charge < -0.3 is 9.15 Å². The van der Waals surface area contributed by atoms with Gasteiger partial charge in [-0.25, -0.2) is 0 Å². The Kier molecular flexibility index (Phi) is 3.38. The topological polar surface area (TPSA) is 39.4 Å². The molecule has 0 bridgehead atoms. The number of fused-ring (bicyclic) bond motifs is 9. The SMILES string of the molecule is O=C1C2=C(c3c1cc(Br)c1c3oc3ccccc31)C1OC3=C(C=CCC3)C1C(Br)=C2. The fourth-order valence-corrected chi connectivity index (χ4v) is 6.67. The predicted molar refractivity (Wildman–Crippen MR) is 123 cm³/mol. The number of hydrogen-bond donors (Lipinski definition) is 0. The molecule has 2 aromatic carbocycles. The number of para-hydroxylation sites is 1. The molecule has 3 aromatic rings. The molecule has 5 heteroatoms. The Hall–Kier alpha value is -2.37. The van der Waals surface area contributed by atoms with Crippen molar-refractivity contribution < 1.29 is 13.9 Å². The maximum absolute atomic E-state index is 13.4. The van der Waals surface area contributed by atoms with Crippen LogP contribution in [-0.2, 0) is 4.74 Å². The second kappa shape index (κ2) is 5.86. The lowest BCUT2D eigenvalue weighted by Crippen LogP contribution is -2.24. The standard InChI is InChI=1S/C25H14Br2O3/c26-15-9-13-21(24-19(15)11-5-1-3-7-17(11)29-24)22-14(23(13)28)10-16(27)20-12-6-2-4-8-18(12)30-25(20)22/h1-3,5-7,9-10,20,25H,4,8H2. The number of Topliss-reactive ketones (excluding diaryl/α,β-unsaturated/α-hetero) is 1. The first-order valence-electron chi connectivity index (χ1n) is 10.00. The van der Waals surface area contributed by atoms with Gasteiger partial charge in [0.15, 0.2) is 5.78 Å². The van der Waals surface area contributed by atoms with Crippen LogP contribution in [0.5, 0.6) is 0 Å². The van der Waals surface area contributed by atoms with E-state index in [9.17, 15) is 4.79 Å². The molecule has 30 heavy (non-hydrogen) atoms. The fourth-order valence-electron chi connectivity index (χ4n) is 5.34. The third-order valence-corrected chi connectivity index (χ3v) is 7.93. The summed E-state index contributed by atoms with van der Waals surface area (Å²) in [5.41, 5.74) is 6.04. The van der Waals surface area contributed by atoms with Gasteiger partial charge in [0, 0.05) is 54.0 Å². The molecule has 0 saturated heterocycles. The van der Waals surface area contributed by atoms with Crippen LogP contribution in [0.25, 0.3) is 27.5 Å². The maximum atomic E-state index is 13.4. The highest BCUT2D eigenvalue weighted by atomic mass is 79.9. The summed E-state index contributed by atoms with van der Waals surface area (Å²) in [6, 6.07) is 9.95. The van der Waals surface area contributed by atoms with Crippen LogP contribution in [0, 0.1) is 5.92 Å². The van der Waals surface area contributed by atoms with Gasteiger partial charge in [-0.15, -0.1) is 0 Å². The first-order valence-corrected chi connectivity index (χ1v) is 11.6. The van der Waals surface area contributed by atoms with E-state index in [-0.39, 0.29) is 17.8 Å². The number of carbonyl (C=O) groups excluding carboxylic acids is 1. The molecule has 3 aliphatic carbocycles. The summed E-state index contributed by atoms with van der Waals surface area (Å²) in [5.74, 6) is 1.16. The zero-order valence-electron chi connectivity index (χ0n) is 15.7. The lowest BCUT2D eigenvalue weighted by molar-refractivity contribution is 0.103. The van der Waals surface area contributed by atoms with Gasteiger partial charge in [-0.05, 0) is 40.6 Å². The summed E-state index contributed by atoms with van der Waals surface area (Å²) in [5, 5.41) is 2.05. The van der Waals surface area contributed by atoms with Gasteiger partial charge in [0.05, 0.1) is 5.92 Å². The number of ketones is 1. The Labute approximate surface area is 189 Å². The molecule has 0 amide bonds. The molecule has 0 spiro atoms. The zero-order valence-corrected chi connectivity index (χ0v) is 18.8. The summed E-state index contributed by atoms with van der Waals surface area (Å²) in [4.78, 5) is 13.4. The quantitative estimate of drug-likeness (QED) is 0.313. The first-order chi connectivity index (χ1) is 14.6. The molecule has 2 heterocycles. The highest BCUT2D eigenvalue weighted by Crippen LogP contribution is 2.55. The van der Waals surface area contributed by atoms with Crippen molar-refractivity contribution in [1.29, 1.82) is 0 Å². The number of benzene rings is 2. The molecular weight excluding hydrogens is 508 g/mol. The Morgan fingerprint density at radius 3 is 2.90 bits per heavy atom. The lowest BCUT2D eigenvalue weighted by Gasteiger charge is -2.26. The zero-order chi connectivity index (χ0) is 20.1. The van der Waals surface area contributed by atoms with Gasteiger partial charge in [0.25, 0.3) is 0 Å². The van der Waals surface area contributed by atoms with Crippen LogP contribution in [0.4, 0.5) is 0 Å². The second-order valence-corrected chi connectivity index (χ2v) is 9.87. The minimum atomic E-state index is -0.213. The van der Waals surface area contributed by atoms with Crippen molar-refractivity contribution in [3.8, 4) is 0 Å². The smallest absolute Gasteiger partial charge is 0.194 e. The van der Waals surface area contributed by atoms with Crippen molar-refractivity contribution in [2.45, 2.75) is 18.9 Å². The molecule has 0 radical (unpaired) electrons. The van der Waals surface area contributed by atoms with Crippen LogP contribution in [0.3, 0.4) is 0 Å². The molecule has 0 fully saturated rings. The number of ether oxygens (including phenoxy) is 1. The second-order valence-electron chi connectivity index (χ2n) is 8.10. The summed E-state index contributed by atoms with van der Waals surface area (Å²) >= 11 is 7.44. The Balaban J connectivity index is 1.54. The summed E-state index contributed by atoms with van der Waals surface area (Å²) < 4.78 is 14.7. The van der Waals surface area contributed by atoms with Crippen molar-refractivity contribution in [2.24, 2.45) is 5.92 Å². The van der Waals surface area contributed by atoms with E-state index in [0.717, 1.165) is 60.6 Å². The highest BCUT2D eigenvalue weighted by molar-refractivity contribution is 9.11. The van der Waals surface area contributed by atoms with Crippen LogP contribution in [-0.4, -0.2) is 11.9 Å². The molecule has 3 nitrogen and oxygen atoms in total. The molecule has 2 atom stereocenters. The lowest BCUT2D eigenvalue weighted by atomic mass is 9.81. The average Bonchev–Trinajstić information content (AvgIpc) is 3.40. The van der Waals surface area contributed by atoms with E-state index < -0.39 is 0 Å². The van der Waals surface area contributed by atoms with Crippen LogP contribution >= 0.6 is 31.9 Å². The minimum Gasteiger partial charge on any atom is -0.489 e. The third-order valence-electron chi connectivity index (χ3n) is 6.58. The largest absolute Gasteiger partial charge is 0.489 e. The van der Waals surface area contributed by atoms with Crippen molar-refractivity contribution >= 4 is 65.2 Å². The highest BCUT2D eigenvalue weighted by Gasteiger charge is 2.48. The van der Waals surface area contributed by atoms with Crippen LogP contribution in [0.1, 0.15) is 28.8 Å². The predicted octanol–water partition coefficient (Wildman–Crippen LogP) is 7.21. The third kappa shape index (κ3) is 2.02. The maximum Gasteiger partial charge on any atom is 0.194 e. The van der Waals surface area contributed by atoms with Crippen LogP contribution < -0.4 is 0 Å². The summed E-state index contributed by atoms with van der Waals surface area (Å²) in [6.07, 6.45) is 8.06. The van der Waals surface area contributed by atoms with Crippen molar-refractivity contribution in [3.05, 3.63) is 85.5 Å². The number of carbonyl (C=O) groups is 1. The summed E-state index contributed by atoms with van der Waals surface area (Å²) in [7, 11) is 0. The van der Waals surface area contributed by atoms with Crippen LogP contribution in [0.15, 0.2) is 78.8 Å². The van der Waals surface area contributed by atoms with E-state index in [1.165, 1.54) is 5.57 Å². The van der Waals surface area contributed by atoms with Gasteiger partial charge in [-0.3, -0.25) is 4.79 Å². The molecule has 0 saturated carbocycles. The number of hydrogen-bond acceptors (Lipinski definition) is 3. The molecule has 0 N–H and O–H groups in total. The molecular formula is C25H14Br2O3. The average molecular weight is 522 g/mol. The molecule has 7 rings (SSSR count). The fraction of sp³-hybridized carbons (Fsp3) is 0.160. The van der Waals surface area contributed by atoms with Gasteiger partial charge in [-0.2, -0.15) is 0 Å². The Morgan fingerprint density at radius 1 is 1.13 bits per heavy atom. The molecule has 1 aromatic heterocycles. The van der Waals surface area contributed by atoms with Gasteiger partial charge in [0.2, 0.25) is 0 Å². The van der Waals surface area contributed by atoms with Crippen LogP contribution in [0.2, 0.25) is 0 Å². The van der Waals surface area contributed by atoms with E-state index in [2.05, 4.69) is 50.1 Å². The van der Waals surface area contributed by atoms with E-state index in [1.54, 1.807) is 0 Å². The minimum absolute atomic E-state index is 0.0301. The Morgan fingerprint density at radius 2 is 2.00 bits per heavy atom. The Bertz CT molecular complexity index is 1460.